The van der Waals surface area contributed by atoms with Crippen molar-refractivity contribution in [3.05, 3.63) is 212 Å². The highest BCUT2D eigenvalue weighted by Gasteiger charge is 2.18. The number of benzene rings is 9. The molecule has 0 aliphatic carbocycles. The van der Waals surface area contributed by atoms with Crippen molar-refractivity contribution in [3.8, 4) is 67.0 Å². The van der Waals surface area contributed by atoms with Crippen LogP contribution in [0.25, 0.3) is 99.3 Å². The highest BCUT2D eigenvalue weighted by atomic mass is 14.7. The molecule has 1 heterocycles. The van der Waals surface area contributed by atoms with Gasteiger partial charge in [-0.3, -0.25) is 0 Å². The standard InChI is InChI=1S/C54H37N/c1-36-28-30-49-50-31-29-39(33-52(50)48-27-15-14-26-47(48)51(49)32-36)41-20-8-10-22-43(41)45-24-12-13-25-46(45)44-23-11-9-21-42(44)40-34-53(37-16-4-2-5-17-37)55-54(35-40)38-18-6-3-7-19-38/h2-35H,1H3. The Morgan fingerprint density at radius 3 is 1.16 bits per heavy atom. The molecule has 1 heteroatoms. The Bertz CT molecular complexity index is 2950. The Morgan fingerprint density at radius 2 is 0.636 bits per heavy atom. The average Bonchev–Trinajstić information content (AvgIpc) is 3.27. The maximum atomic E-state index is 5.17. The summed E-state index contributed by atoms with van der Waals surface area (Å²) in [4.78, 5) is 5.17. The maximum absolute atomic E-state index is 5.17. The lowest BCUT2D eigenvalue weighted by atomic mass is 9.85. The Morgan fingerprint density at radius 1 is 0.255 bits per heavy atom. The monoisotopic (exact) mass is 699 g/mol. The number of hydrogen-bond donors (Lipinski definition) is 0. The van der Waals surface area contributed by atoms with Gasteiger partial charge in [0.1, 0.15) is 0 Å². The molecule has 0 N–H and O–H groups in total. The van der Waals surface area contributed by atoms with E-state index in [1.165, 1.54) is 76.8 Å². The molecule has 9 aromatic carbocycles. The van der Waals surface area contributed by atoms with Crippen molar-refractivity contribution in [3.63, 3.8) is 0 Å². The molecule has 0 saturated heterocycles. The minimum Gasteiger partial charge on any atom is -0.248 e. The fraction of sp³-hybridized carbons (Fsp3) is 0.0185. The average molecular weight is 700 g/mol. The molecule has 0 radical (unpaired) electrons. The van der Waals surface area contributed by atoms with E-state index >= 15 is 0 Å². The minimum atomic E-state index is 0.956. The van der Waals surface area contributed by atoms with Crippen LogP contribution in [0.5, 0.6) is 0 Å². The van der Waals surface area contributed by atoms with E-state index in [9.17, 15) is 0 Å². The van der Waals surface area contributed by atoms with Crippen molar-refractivity contribution in [2.75, 3.05) is 0 Å². The maximum Gasteiger partial charge on any atom is 0.0715 e. The molecule has 258 valence electrons. The van der Waals surface area contributed by atoms with Crippen molar-refractivity contribution >= 4 is 32.3 Å². The summed E-state index contributed by atoms with van der Waals surface area (Å²) in [5.74, 6) is 0. The van der Waals surface area contributed by atoms with Crippen LogP contribution >= 0.6 is 0 Å². The third-order valence-electron chi connectivity index (χ3n) is 10.9. The first-order valence-electron chi connectivity index (χ1n) is 19.0. The molecule has 10 rings (SSSR count). The molecule has 0 aliphatic heterocycles. The first-order valence-corrected chi connectivity index (χ1v) is 19.0. The molecule has 0 fully saturated rings. The van der Waals surface area contributed by atoms with Crippen molar-refractivity contribution in [1.82, 2.24) is 4.98 Å². The third-order valence-corrected chi connectivity index (χ3v) is 10.9. The van der Waals surface area contributed by atoms with Gasteiger partial charge >= 0.3 is 0 Å². The topological polar surface area (TPSA) is 12.9 Å². The molecule has 1 aromatic heterocycles. The number of fused-ring (bicyclic) bond motifs is 6. The number of hydrogen-bond acceptors (Lipinski definition) is 1. The van der Waals surface area contributed by atoms with E-state index in [2.05, 4.69) is 213 Å². The number of nitrogens with zero attached hydrogens (tertiary/aromatic N) is 1. The van der Waals surface area contributed by atoms with Gasteiger partial charge in [-0.1, -0.05) is 194 Å². The predicted molar refractivity (Wildman–Crippen MR) is 234 cm³/mol. The summed E-state index contributed by atoms with van der Waals surface area (Å²) in [6.07, 6.45) is 0. The van der Waals surface area contributed by atoms with Gasteiger partial charge in [0.15, 0.2) is 0 Å². The second-order valence-corrected chi connectivity index (χ2v) is 14.4. The quantitative estimate of drug-likeness (QED) is 0.157. The molecule has 0 saturated carbocycles. The summed E-state index contributed by atoms with van der Waals surface area (Å²) in [6, 6.07) is 74.7. The lowest BCUT2D eigenvalue weighted by molar-refractivity contribution is 1.32. The molecule has 55 heavy (non-hydrogen) atoms. The first kappa shape index (κ1) is 32.6. The summed E-state index contributed by atoms with van der Waals surface area (Å²) in [5, 5.41) is 7.74. The Balaban J connectivity index is 1.15. The Labute approximate surface area is 321 Å². The number of rotatable bonds is 6. The predicted octanol–water partition coefficient (Wildman–Crippen LogP) is 14.9. The van der Waals surface area contributed by atoms with Crippen LogP contribution in [0.3, 0.4) is 0 Å². The van der Waals surface area contributed by atoms with E-state index in [4.69, 9.17) is 4.98 Å². The fourth-order valence-corrected chi connectivity index (χ4v) is 8.33. The van der Waals surface area contributed by atoms with Gasteiger partial charge in [0, 0.05) is 11.1 Å². The second kappa shape index (κ2) is 13.7. The molecule has 0 unspecified atom stereocenters. The smallest absolute Gasteiger partial charge is 0.0715 e. The van der Waals surface area contributed by atoms with Crippen LogP contribution in [0.1, 0.15) is 5.56 Å². The normalized spacial score (nSPS) is 11.4. The summed E-state index contributed by atoms with van der Waals surface area (Å²) in [5.41, 5.74) is 14.9. The van der Waals surface area contributed by atoms with Crippen molar-refractivity contribution in [2.24, 2.45) is 0 Å². The van der Waals surface area contributed by atoms with E-state index in [1.54, 1.807) is 0 Å². The fourth-order valence-electron chi connectivity index (χ4n) is 8.33. The zero-order chi connectivity index (χ0) is 36.7. The van der Waals surface area contributed by atoms with Gasteiger partial charge < -0.3 is 0 Å². The van der Waals surface area contributed by atoms with E-state index < -0.39 is 0 Å². The van der Waals surface area contributed by atoms with Crippen molar-refractivity contribution < 1.29 is 0 Å². The van der Waals surface area contributed by atoms with E-state index in [-0.39, 0.29) is 0 Å². The van der Waals surface area contributed by atoms with Crippen LogP contribution in [0.15, 0.2) is 206 Å². The lowest BCUT2D eigenvalue weighted by Gasteiger charge is -2.18. The largest absolute Gasteiger partial charge is 0.248 e. The first-order chi connectivity index (χ1) is 27.2. The van der Waals surface area contributed by atoms with Crippen LogP contribution in [0, 0.1) is 6.92 Å². The van der Waals surface area contributed by atoms with Gasteiger partial charge in [-0.15, -0.1) is 0 Å². The molecule has 0 amide bonds. The van der Waals surface area contributed by atoms with Crippen LogP contribution in [0.2, 0.25) is 0 Å². The van der Waals surface area contributed by atoms with Gasteiger partial charge in [-0.05, 0) is 102 Å². The van der Waals surface area contributed by atoms with Gasteiger partial charge in [0.2, 0.25) is 0 Å². The Hall–Kier alpha value is -7.09. The van der Waals surface area contributed by atoms with Gasteiger partial charge in [0.05, 0.1) is 11.4 Å². The van der Waals surface area contributed by atoms with Crippen LogP contribution in [0.4, 0.5) is 0 Å². The van der Waals surface area contributed by atoms with E-state index in [0.29, 0.717) is 0 Å². The SMILES string of the molecule is Cc1ccc2c3ccc(-c4ccccc4-c4ccccc4-c4ccccc4-c4cc(-c5ccccc5)nc(-c5ccccc5)c4)cc3c3ccccc3c2c1. The highest BCUT2D eigenvalue weighted by Crippen LogP contribution is 2.44. The summed E-state index contributed by atoms with van der Waals surface area (Å²) < 4.78 is 0. The van der Waals surface area contributed by atoms with Gasteiger partial charge in [-0.25, -0.2) is 4.98 Å². The molecule has 0 spiro atoms. The Kier molecular flexibility index (Phi) is 8.12. The summed E-state index contributed by atoms with van der Waals surface area (Å²) in [7, 11) is 0. The zero-order valence-electron chi connectivity index (χ0n) is 30.6. The molecule has 0 bridgehead atoms. The number of pyridine rings is 1. The minimum absolute atomic E-state index is 0.956. The van der Waals surface area contributed by atoms with E-state index in [1.807, 2.05) is 0 Å². The number of aryl methyl sites for hydroxylation is 1. The molecule has 0 atom stereocenters. The summed E-state index contributed by atoms with van der Waals surface area (Å²) >= 11 is 0. The van der Waals surface area contributed by atoms with Crippen molar-refractivity contribution in [2.45, 2.75) is 6.92 Å². The van der Waals surface area contributed by atoms with Crippen LogP contribution in [-0.2, 0) is 0 Å². The molecule has 0 aliphatic rings. The molecular weight excluding hydrogens is 663 g/mol. The highest BCUT2D eigenvalue weighted by molar-refractivity contribution is 6.26. The molecule has 1 nitrogen and oxygen atoms in total. The summed E-state index contributed by atoms with van der Waals surface area (Å²) in [6.45, 7) is 2.18. The van der Waals surface area contributed by atoms with Crippen molar-refractivity contribution in [1.29, 1.82) is 0 Å². The van der Waals surface area contributed by atoms with Crippen LogP contribution in [-0.4, -0.2) is 4.98 Å². The second-order valence-electron chi connectivity index (χ2n) is 14.4. The zero-order valence-corrected chi connectivity index (χ0v) is 30.6. The van der Waals surface area contributed by atoms with Crippen LogP contribution < -0.4 is 0 Å². The van der Waals surface area contributed by atoms with E-state index in [0.717, 1.165) is 28.1 Å². The molecule has 10 aromatic rings. The molecular formula is C54H37N. The van der Waals surface area contributed by atoms with Gasteiger partial charge in [-0.2, -0.15) is 0 Å². The lowest BCUT2D eigenvalue weighted by Crippen LogP contribution is -1.94. The number of aromatic nitrogens is 1. The third kappa shape index (κ3) is 5.87. The van der Waals surface area contributed by atoms with Gasteiger partial charge in [0.25, 0.3) is 0 Å².